The lowest BCUT2D eigenvalue weighted by Crippen LogP contribution is -2.37. The molecule has 1 aromatic carbocycles. The molecule has 0 bridgehead atoms. The van der Waals surface area contributed by atoms with Crippen molar-refractivity contribution in [2.45, 2.75) is 12.6 Å². The van der Waals surface area contributed by atoms with Gasteiger partial charge in [0.15, 0.2) is 0 Å². The van der Waals surface area contributed by atoms with E-state index in [0.717, 1.165) is 34.9 Å². The van der Waals surface area contributed by atoms with Gasteiger partial charge in [-0.05, 0) is 47.5 Å². The Morgan fingerprint density at radius 1 is 1.00 bits per heavy atom. The number of alkyl halides is 3. The average Bonchev–Trinajstić information content (AvgIpc) is 3.52. The van der Waals surface area contributed by atoms with Gasteiger partial charge in [0, 0.05) is 56.4 Å². The van der Waals surface area contributed by atoms with Crippen LogP contribution < -0.4 is 10.6 Å². The van der Waals surface area contributed by atoms with Gasteiger partial charge in [-0.1, -0.05) is 12.2 Å². The van der Waals surface area contributed by atoms with Crippen molar-refractivity contribution in [2.75, 3.05) is 31.2 Å². The summed E-state index contributed by atoms with van der Waals surface area (Å²) >= 11 is 0. The molecule has 0 saturated carbocycles. The van der Waals surface area contributed by atoms with Crippen LogP contribution in [0, 0.1) is 0 Å². The summed E-state index contributed by atoms with van der Waals surface area (Å²) in [6.45, 7) is 1.45. The standard InChI is InChI=1S/C28H24F3N5O2/c1-34-17-26(24-14-18(7-8-32-24)20-13-19-3-2-4-23(19)33-16-20)36(27(34)37)21-5-6-25(22(15-21)28(29,30)31)35-9-11-38-12-10-35/h2-3,5-8,13-17H,4,9-12H2,1H3. The Morgan fingerprint density at radius 2 is 1.82 bits per heavy atom. The molecule has 4 aromatic rings. The third kappa shape index (κ3) is 4.30. The number of aromatic nitrogens is 4. The van der Waals surface area contributed by atoms with Crippen LogP contribution in [0.5, 0.6) is 0 Å². The van der Waals surface area contributed by atoms with E-state index in [1.807, 2.05) is 24.3 Å². The van der Waals surface area contributed by atoms with E-state index in [1.54, 1.807) is 36.6 Å². The molecule has 0 N–H and O–H groups in total. The maximum absolute atomic E-state index is 14.2. The molecule has 1 aliphatic carbocycles. The monoisotopic (exact) mass is 519 g/mol. The van der Waals surface area contributed by atoms with Gasteiger partial charge in [-0.3, -0.25) is 14.5 Å². The van der Waals surface area contributed by atoms with E-state index >= 15 is 0 Å². The first-order chi connectivity index (χ1) is 18.3. The quantitative estimate of drug-likeness (QED) is 0.390. The zero-order chi connectivity index (χ0) is 26.4. The number of hydrogen-bond donors (Lipinski definition) is 0. The van der Waals surface area contributed by atoms with Gasteiger partial charge >= 0.3 is 11.9 Å². The molecule has 4 heterocycles. The molecule has 0 unspecified atom stereocenters. The minimum absolute atomic E-state index is 0.0772. The zero-order valence-corrected chi connectivity index (χ0v) is 20.6. The predicted octanol–water partition coefficient (Wildman–Crippen LogP) is 4.72. The van der Waals surface area contributed by atoms with Gasteiger partial charge < -0.3 is 14.2 Å². The second-order valence-corrected chi connectivity index (χ2v) is 9.34. The predicted molar refractivity (Wildman–Crippen MR) is 138 cm³/mol. The summed E-state index contributed by atoms with van der Waals surface area (Å²) in [5.41, 5.74) is 3.58. The Morgan fingerprint density at radius 3 is 2.61 bits per heavy atom. The van der Waals surface area contributed by atoms with Crippen LogP contribution in [0.2, 0.25) is 0 Å². The van der Waals surface area contributed by atoms with Gasteiger partial charge in [0.25, 0.3) is 0 Å². The molecule has 1 fully saturated rings. The van der Waals surface area contributed by atoms with Crippen LogP contribution in [0.4, 0.5) is 18.9 Å². The number of morpholine rings is 1. The second kappa shape index (κ2) is 9.29. The Bertz CT molecular complexity index is 1610. The van der Waals surface area contributed by atoms with Crippen LogP contribution in [0.25, 0.3) is 34.3 Å². The van der Waals surface area contributed by atoms with Crippen molar-refractivity contribution in [2.24, 2.45) is 7.05 Å². The first-order valence-electron chi connectivity index (χ1n) is 12.2. The van der Waals surface area contributed by atoms with Crippen LogP contribution in [0.3, 0.4) is 0 Å². The summed E-state index contributed by atoms with van der Waals surface area (Å²) in [7, 11) is 1.57. The van der Waals surface area contributed by atoms with Gasteiger partial charge in [-0.25, -0.2) is 4.79 Å². The number of nitrogens with zero attached hydrogens (tertiary/aromatic N) is 5. The van der Waals surface area contributed by atoms with Crippen molar-refractivity contribution in [3.05, 3.63) is 88.4 Å². The van der Waals surface area contributed by atoms with Crippen molar-refractivity contribution < 1.29 is 17.9 Å². The van der Waals surface area contributed by atoms with Gasteiger partial charge in [0.05, 0.1) is 41.5 Å². The van der Waals surface area contributed by atoms with Gasteiger partial charge in [0.1, 0.15) is 0 Å². The normalized spacial score (nSPS) is 15.2. The lowest BCUT2D eigenvalue weighted by Gasteiger charge is -2.31. The smallest absolute Gasteiger partial charge is 0.378 e. The number of rotatable bonds is 4. The third-order valence-corrected chi connectivity index (χ3v) is 6.91. The van der Waals surface area contributed by atoms with Crippen molar-refractivity contribution in [1.82, 2.24) is 19.1 Å². The van der Waals surface area contributed by atoms with Crippen molar-refractivity contribution in [3.63, 3.8) is 0 Å². The van der Waals surface area contributed by atoms with Crippen molar-refractivity contribution >= 4 is 11.8 Å². The number of pyridine rings is 2. The fraction of sp³-hybridized carbons (Fsp3) is 0.250. The number of halogens is 3. The number of hydrogen-bond acceptors (Lipinski definition) is 5. The molecule has 0 amide bonds. The number of fused-ring (bicyclic) bond motifs is 1. The average molecular weight is 520 g/mol. The number of benzene rings is 1. The lowest BCUT2D eigenvalue weighted by atomic mass is 10.0. The summed E-state index contributed by atoms with van der Waals surface area (Å²) in [4.78, 5) is 23.8. The van der Waals surface area contributed by atoms with Crippen LogP contribution >= 0.6 is 0 Å². The molecular formula is C28H24F3N5O2. The van der Waals surface area contributed by atoms with E-state index in [0.29, 0.717) is 37.7 Å². The molecule has 10 heteroatoms. The van der Waals surface area contributed by atoms with Gasteiger partial charge in [0.2, 0.25) is 0 Å². The first-order valence-corrected chi connectivity index (χ1v) is 12.2. The molecule has 0 spiro atoms. The fourth-order valence-corrected chi connectivity index (χ4v) is 4.99. The maximum Gasteiger partial charge on any atom is 0.418 e. The molecule has 194 valence electrons. The summed E-state index contributed by atoms with van der Waals surface area (Å²) < 4.78 is 50.5. The third-order valence-electron chi connectivity index (χ3n) is 6.91. The van der Waals surface area contributed by atoms with E-state index in [2.05, 4.69) is 16.0 Å². The van der Waals surface area contributed by atoms with Crippen molar-refractivity contribution in [1.29, 1.82) is 0 Å². The van der Waals surface area contributed by atoms with Gasteiger partial charge in [-0.15, -0.1) is 0 Å². The van der Waals surface area contributed by atoms with E-state index in [-0.39, 0.29) is 11.4 Å². The molecule has 0 radical (unpaired) electrons. The van der Waals surface area contributed by atoms with E-state index in [4.69, 9.17) is 4.74 Å². The second-order valence-electron chi connectivity index (χ2n) is 9.34. The van der Waals surface area contributed by atoms with Crippen LogP contribution in [-0.4, -0.2) is 45.4 Å². The van der Waals surface area contributed by atoms with Crippen molar-refractivity contribution in [3.8, 4) is 28.2 Å². The highest BCUT2D eigenvalue weighted by atomic mass is 19.4. The SMILES string of the molecule is Cn1cc(-c2cc(-c3cnc4c(c3)C=CC4)ccn2)n(-c2ccc(N3CCOCC3)c(C(F)(F)F)c2)c1=O. The fourth-order valence-electron chi connectivity index (χ4n) is 4.99. The molecule has 38 heavy (non-hydrogen) atoms. The lowest BCUT2D eigenvalue weighted by molar-refractivity contribution is -0.137. The zero-order valence-electron chi connectivity index (χ0n) is 20.6. The Labute approximate surface area is 216 Å². The number of aryl methyl sites for hydroxylation is 1. The molecule has 0 atom stereocenters. The summed E-state index contributed by atoms with van der Waals surface area (Å²) in [5.74, 6) is 0. The van der Waals surface area contributed by atoms with Crippen LogP contribution in [0.15, 0.2) is 65.9 Å². The Balaban J connectivity index is 1.45. The molecule has 3 aromatic heterocycles. The highest BCUT2D eigenvalue weighted by molar-refractivity contribution is 5.73. The first kappa shape index (κ1) is 24.2. The summed E-state index contributed by atoms with van der Waals surface area (Å²) in [5, 5.41) is 0. The number of allylic oxidation sites excluding steroid dienone is 1. The number of ether oxygens (including phenoxy) is 1. The van der Waals surface area contributed by atoms with Gasteiger partial charge in [-0.2, -0.15) is 13.2 Å². The highest BCUT2D eigenvalue weighted by Crippen LogP contribution is 2.39. The van der Waals surface area contributed by atoms with E-state index in [9.17, 15) is 18.0 Å². The highest BCUT2D eigenvalue weighted by Gasteiger charge is 2.36. The molecule has 1 saturated heterocycles. The van der Waals surface area contributed by atoms with E-state index < -0.39 is 17.4 Å². The molecule has 7 nitrogen and oxygen atoms in total. The van der Waals surface area contributed by atoms with E-state index in [1.165, 1.54) is 15.2 Å². The minimum Gasteiger partial charge on any atom is -0.378 e. The van der Waals surface area contributed by atoms with Crippen LogP contribution in [-0.2, 0) is 24.4 Å². The molecule has 2 aliphatic rings. The molecular weight excluding hydrogens is 495 g/mol. The Kier molecular flexibility index (Phi) is 5.91. The molecule has 1 aliphatic heterocycles. The minimum atomic E-state index is -4.60. The Hall–Kier alpha value is -4.18. The topological polar surface area (TPSA) is 65.2 Å². The molecule has 6 rings (SSSR count). The largest absolute Gasteiger partial charge is 0.418 e. The maximum atomic E-state index is 14.2. The number of imidazole rings is 1. The summed E-state index contributed by atoms with van der Waals surface area (Å²) in [6.07, 6.45) is 5.29. The van der Waals surface area contributed by atoms with Crippen LogP contribution in [0.1, 0.15) is 16.8 Å². The number of anilines is 1. The summed E-state index contributed by atoms with van der Waals surface area (Å²) in [6, 6.07) is 9.72.